The van der Waals surface area contributed by atoms with Crippen molar-refractivity contribution in [1.29, 1.82) is 0 Å². The predicted molar refractivity (Wildman–Crippen MR) is 92.8 cm³/mol. The normalized spacial score (nSPS) is 11.2. The lowest BCUT2D eigenvalue weighted by Gasteiger charge is -2.11. The number of hydrogen-bond donors (Lipinski definition) is 1. The third-order valence-electron chi connectivity index (χ3n) is 3.53. The van der Waals surface area contributed by atoms with Gasteiger partial charge in [-0.05, 0) is 32.4 Å². The van der Waals surface area contributed by atoms with Gasteiger partial charge in [-0.2, -0.15) is 13.2 Å². The zero-order valence-electron chi connectivity index (χ0n) is 15.6. The molecule has 0 aliphatic rings. The zero-order valence-corrected chi connectivity index (χ0v) is 15.6. The van der Waals surface area contributed by atoms with Crippen LogP contribution >= 0.6 is 0 Å². The quantitative estimate of drug-likeness (QED) is 0.773. The second-order valence-corrected chi connectivity index (χ2v) is 6.17. The van der Waals surface area contributed by atoms with E-state index in [1.54, 1.807) is 13.8 Å². The topological polar surface area (TPSA) is 94.1 Å². The van der Waals surface area contributed by atoms with E-state index in [4.69, 9.17) is 0 Å². The van der Waals surface area contributed by atoms with Crippen LogP contribution in [-0.2, 0) is 17.8 Å². The summed E-state index contributed by atoms with van der Waals surface area (Å²) in [6, 6.07) is 4.33. The average molecular weight is 396 g/mol. The van der Waals surface area contributed by atoms with Gasteiger partial charge in [-0.3, -0.25) is 9.59 Å². The number of nitrogens with zero attached hydrogens (tertiary/aromatic N) is 3. The van der Waals surface area contributed by atoms with Gasteiger partial charge in [0.2, 0.25) is 5.88 Å². The third-order valence-corrected chi connectivity index (χ3v) is 3.53. The third kappa shape index (κ3) is 6.60. The summed E-state index contributed by atoms with van der Waals surface area (Å²) in [6.45, 7) is 3.37. The Bertz CT molecular complexity index is 885. The molecule has 2 aromatic rings. The molecule has 0 spiro atoms. The first kappa shape index (κ1) is 21.3. The van der Waals surface area contributed by atoms with E-state index in [1.807, 2.05) is 0 Å². The average Bonchev–Trinajstić information content (AvgIpc) is 2.57. The van der Waals surface area contributed by atoms with E-state index in [0.717, 1.165) is 0 Å². The lowest BCUT2D eigenvalue weighted by Crippen LogP contribution is -2.25. The molecule has 2 heterocycles. The summed E-state index contributed by atoms with van der Waals surface area (Å²) >= 11 is 0. The van der Waals surface area contributed by atoms with Crippen LogP contribution in [0.15, 0.2) is 18.2 Å². The lowest BCUT2D eigenvalue weighted by atomic mass is 10.2. The van der Waals surface area contributed by atoms with Gasteiger partial charge in [-0.1, -0.05) is 6.07 Å². The largest absolute Gasteiger partial charge is 0.468 e. The predicted octanol–water partition coefficient (Wildman–Crippen LogP) is 2.49. The highest BCUT2D eigenvalue weighted by Crippen LogP contribution is 2.18. The Hall–Kier alpha value is -3.04. The molecule has 0 bridgehead atoms. The van der Waals surface area contributed by atoms with Crippen LogP contribution < -0.4 is 10.1 Å². The standard InChI is InChI=1S/C18H19F3N4O3/c1-10-6-14(25-15(23-10)7-11(2)26)17(27)22-8-13-4-5-16(24-12(13)3)28-9-18(19,20)21/h4-6H,7-9H2,1-3H3,(H,22,27). The van der Waals surface area contributed by atoms with E-state index in [0.29, 0.717) is 17.0 Å². The van der Waals surface area contributed by atoms with Crippen molar-refractivity contribution in [3.8, 4) is 5.88 Å². The minimum Gasteiger partial charge on any atom is -0.468 e. The van der Waals surface area contributed by atoms with Gasteiger partial charge in [0.25, 0.3) is 5.91 Å². The number of aromatic nitrogens is 3. The van der Waals surface area contributed by atoms with Crippen molar-refractivity contribution in [2.24, 2.45) is 0 Å². The summed E-state index contributed by atoms with van der Waals surface area (Å²) in [5, 5.41) is 2.66. The number of carbonyl (C=O) groups excluding carboxylic acids is 2. The summed E-state index contributed by atoms with van der Waals surface area (Å²) < 4.78 is 41.2. The SMILES string of the molecule is CC(=O)Cc1nc(C)cc(C(=O)NCc2ccc(OCC(F)(F)F)nc2C)n1. The number of halogens is 3. The number of aryl methyl sites for hydroxylation is 2. The molecule has 7 nitrogen and oxygen atoms in total. The van der Waals surface area contributed by atoms with Gasteiger partial charge in [-0.15, -0.1) is 0 Å². The molecule has 0 aliphatic heterocycles. The number of pyridine rings is 1. The van der Waals surface area contributed by atoms with Crippen LogP contribution in [0.4, 0.5) is 13.2 Å². The second kappa shape index (κ2) is 8.77. The number of alkyl halides is 3. The molecule has 0 atom stereocenters. The molecule has 0 saturated carbocycles. The van der Waals surface area contributed by atoms with Crippen LogP contribution in [0, 0.1) is 13.8 Å². The smallest absolute Gasteiger partial charge is 0.422 e. The summed E-state index contributed by atoms with van der Waals surface area (Å²) in [7, 11) is 0. The molecule has 1 amide bonds. The highest BCUT2D eigenvalue weighted by Gasteiger charge is 2.28. The van der Waals surface area contributed by atoms with Crippen molar-refractivity contribution in [1.82, 2.24) is 20.3 Å². The first-order chi connectivity index (χ1) is 13.0. The molecule has 10 heteroatoms. The molecule has 150 valence electrons. The molecule has 2 aromatic heterocycles. The number of rotatable bonds is 7. The van der Waals surface area contributed by atoms with Gasteiger partial charge in [0.05, 0.1) is 6.42 Å². The maximum Gasteiger partial charge on any atom is 0.422 e. The van der Waals surface area contributed by atoms with Crippen molar-refractivity contribution >= 4 is 11.7 Å². The molecule has 28 heavy (non-hydrogen) atoms. The molecule has 0 radical (unpaired) electrons. The Morgan fingerprint density at radius 1 is 1.14 bits per heavy atom. The van der Waals surface area contributed by atoms with Crippen LogP contribution in [-0.4, -0.2) is 39.4 Å². The van der Waals surface area contributed by atoms with Crippen molar-refractivity contribution < 1.29 is 27.5 Å². The number of ether oxygens (including phenoxy) is 1. The minimum absolute atomic E-state index is 0.0321. The first-order valence-electron chi connectivity index (χ1n) is 8.32. The van der Waals surface area contributed by atoms with E-state index in [2.05, 4.69) is 25.0 Å². The summed E-state index contributed by atoms with van der Waals surface area (Å²) in [4.78, 5) is 35.7. The van der Waals surface area contributed by atoms with Gasteiger partial charge in [0, 0.05) is 24.0 Å². The number of Topliss-reactive ketones (excluding diaryl/α,β-unsaturated/α-hetero) is 1. The Labute approximate surface area is 159 Å². The van der Waals surface area contributed by atoms with Crippen LogP contribution in [0.3, 0.4) is 0 Å². The molecule has 0 aromatic carbocycles. The molecular formula is C18H19F3N4O3. The highest BCUT2D eigenvalue weighted by molar-refractivity contribution is 5.92. The van der Waals surface area contributed by atoms with Gasteiger partial charge in [-0.25, -0.2) is 15.0 Å². The van der Waals surface area contributed by atoms with Crippen LogP contribution in [0.5, 0.6) is 5.88 Å². The number of amides is 1. The molecule has 0 fully saturated rings. The number of nitrogens with one attached hydrogen (secondary N) is 1. The molecule has 0 aliphatic carbocycles. The first-order valence-corrected chi connectivity index (χ1v) is 8.32. The molecule has 0 saturated heterocycles. The fourth-order valence-corrected chi connectivity index (χ4v) is 2.30. The molecular weight excluding hydrogens is 377 g/mol. The highest BCUT2D eigenvalue weighted by atomic mass is 19.4. The monoisotopic (exact) mass is 396 g/mol. The van der Waals surface area contributed by atoms with Crippen LogP contribution in [0.25, 0.3) is 0 Å². The summed E-state index contributed by atoms with van der Waals surface area (Å²) in [5.74, 6) is -0.467. The van der Waals surface area contributed by atoms with E-state index < -0.39 is 18.7 Å². The number of hydrogen-bond acceptors (Lipinski definition) is 6. The Balaban J connectivity index is 2.02. The Morgan fingerprint density at radius 2 is 1.86 bits per heavy atom. The lowest BCUT2D eigenvalue weighted by molar-refractivity contribution is -0.154. The van der Waals surface area contributed by atoms with Crippen molar-refractivity contribution in [3.63, 3.8) is 0 Å². The maximum atomic E-state index is 12.3. The summed E-state index contributed by atoms with van der Waals surface area (Å²) in [5.41, 5.74) is 1.72. The fourth-order valence-electron chi connectivity index (χ4n) is 2.30. The van der Waals surface area contributed by atoms with Gasteiger partial charge in [0.15, 0.2) is 6.61 Å². The van der Waals surface area contributed by atoms with Crippen LogP contribution in [0.2, 0.25) is 0 Å². The van der Waals surface area contributed by atoms with Crippen molar-refractivity contribution in [3.05, 3.63) is 46.7 Å². The zero-order chi connectivity index (χ0) is 20.9. The maximum absolute atomic E-state index is 12.3. The fraction of sp³-hybridized carbons (Fsp3) is 0.389. The number of carbonyl (C=O) groups is 2. The molecule has 1 N–H and O–H groups in total. The van der Waals surface area contributed by atoms with Crippen molar-refractivity contribution in [2.75, 3.05) is 6.61 Å². The molecule has 2 rings (SSSR count). The summed E-state index contributed by atoms with van der Waals surface area (Å²) in [6.07, 6.45) is -4.41. The van der Waals surface area contributed by atoms with Crippen LogP contribution in [0.1, 0.15) is 40.2 Å². The molecule has 0 unspecified atom stereocenters. The number of ketones is 1. The van der Waals surface area contributed by atoms with Gasteiger partial charge in [0.1, 0.15) is 17.3 Å². The van der Waals surface area contributed by atoms with E-state index >= 15 is 0 Å². The second-order valence-electron chi connectivity index (χ2n) is 6.17. The van der Waals surface area contributed by atoms with Gasteiger partial charge >= 0.3 is 6.18 Å². The van der Waals surface area contributed by atoms with E-state index in [9.17, 15) is 22.8 Å². The Kier molecular flexibility index (Phi) is 6.66. The minimum atomic E-state index is -4.45. The van der Waals surface area contributed by atoms with Crippen molar-refractivity contribution in [2.45, 2.75) is 39.9 Å². The van der Waals surface area contributed by atoms with E-state index in [1.165, 1.54) is 25.1 Å². The van der Waals surface area contributed by atoms with E-state index in [-0.39, 0.29) is 36.1 Å². The Morgan fingerprint density at radius 3 is 2.46 bits per heavy atom. The van der Waals surface area contributed by atoms with Gasteiger partial charge < -0.3 is 10.1 Å².